The second-order valence-corrected chi connectivity index (χ2v) is 10.6. The van der Waals surface area contributed by atoms with Crippen LogP contribution < -0.4 is 5.32 Å². The maximum atomic E-state index is 13.1. The molecule has 0 radical (unpaired) electrons. The largest absolute Gasteiger partial charge is 0.325 e. The first-order valence-corrected chi connectivity index (χ1v) is 13.0. The highest BCUT2D eigenvalue weighted by Crippen LogP contribution is 2.36. The summed E-state index contributed by atoms with van der Waals surface area (Å²) >= 11 is 13.3. The summed E-state index contributed by atoms with van der Waals surface area (Å²) in [7, 11) is 0. The minimum absolute atomic E-state index is 0.122. The van der Waals surface area contributed by atoms with Crippen LogP contribution in [0.2, 0.25) is 10.0 Å². The van der Waals surface area contributed by atoms with Crippen LogP contribution in [0.4, 0.5) is 11.4 Å². The van der Waals surface area contributed by atoms with Gasteiger partial charge in [-0.25, -0.2) is 4.98 Å². The van der Waals surface area contributed by atoms with E-state index < -0.39 is 10.2 Å². The van der Waals surface area contributed by atoms with E-state index >= 15 is 0 Å². The highest BCUT2D eigenvalue weighted by molar-refractivity contribution is 8.00. The van der Waals surface area contributed by atoms with Crippen LogP contribution in [0.1, 0.15) is 18.1 Å². The zero-order valence-corrected chi connectivity index (χ0v) is 22.6. The van der Waals surface area contributed by atoms with Crippen molar-refractivity contribution in [3.8, 4) is 28.5 Å². The van der Waals surface area contributed by atoms with Crippen molar-refractivity contribution in [2.75, 3.05) is 5.32 Å². The third-order valence-corrected chi connectivity index (χ3v) is 7.33. The van der Waals surface area contributed by atoms with Gasteiger partial charge >= 0.3 is 0 Å². The van der Waals surface area contributed by atoms with Crippen molar-refractivity contribution in [3.63, 3.8) is 0 Å². The van der Waals surface area contributed by atoms with E-state index in [9.17, 15) is 20.2 Å². The standard InChI is InChI=1S/C28H20Cl2N4O3S/c1-16-3-12-22(34(36)37)13-25(16)32-27(35)17(2)38-28-24(15-31)23(18-4-8-20(29)9-5-18)14-26(33-28)19-6-10-21(30)11-7-19/h3-14,17H,1-2H3,(H,32,35). The number of halogens is 2. The molecule has 0 saturated carbocycles. The fraction of sp³-hybridized carbons (Fsp3) is 0.107. The first kappa shape index (κ1) is 27.1. The minimum atomic E-state index is -0.674. The molecule has 10 heteroatoms. The molecule has 0 aliphatic carbocycles. The smallest absolute Gasteiger partial charge is 0.271 e. The Balaban J connectivity index is 1.72. The van der Waals surface area contributed by atoms with Crippen molar-refractivity contribution in [2.24, 2.45) is 0 Å². The maximum Gasteiger partial charge on any atom is 0.271 e. The van der Waals surface area contributed by atoms with Crippen molar-refractivity contribution in [1.82, 2.24) is 4.98 Å². The second-order valence-electron chi connectivity index (χ2n) is 8.37. The summed E-state index contributed by atoms with van der Waals surface area (Å²) in [6.45, 7) is 3.44. The third-order valence-electron chi connectivity index (χ3n) is 5.74. The highest BCUT2D eigenvalue weighted by Gasteiger charge is 2.22. The lowest BCUT2D eigenvalue weighted by Crippen LogP contribution is -2.23. The van der Waals surface area contributed by atoms with Crippen LogP contribution >= 0.6 is 35.0 Å². The Kier molecular flexibility index (Phi) is 8.32. The average Bonchev–Trinajstić information content (AvgIpc) is 2.90. The molecular formula is C28H20Cl2N4O3S. The minimum Gasteiger partial charge on any atom is -0.325 e. The van der Waals surface area contributed by atoms with E-state index in [-0.39, 0.29) is 11.6 Å². The number of nitro benzene ring substituents is 1. The molecule has 1 N–H and O–H groups in total. The molecule has 1 amide bonds. The number of pyridine rings is 1. The van der Waals surface area contributed by atoms with Gasteiger partial charge < -0.3 is 5.32 Å². The molecular weight excluding hydrogens is 543 g/mol. The SMILES string of the molecule is Cc1ccc([N+](=O)[O-])cc1NC(=O)C(C)Sc1nc(-c2ccc(Cl)cc2)cc(-c2ccc(Cl)cc2)c1C#N. The quantitative estimate of drug-likeness (QED) is 0.139. The topological polar surface area (TPSA) is 109 Å². The third kappa shape index (κ3) is 6.14. The number of nitrogens with one attached hydrogen (secondary N) is 1. The van der Waals surface area contributed by atoms with E-state index in [1.807, 2.05) is 30.3 Å². The van der Waals surface area contributed by atoms with Crippen LogP contribution in [0.15, 0.2) is 77.8 Å². The summed E-state index contributed by atoms with van der Waals surface area (Å²) in [6.07, 6.45) is 0. The molecule has 0 spiro atoms. The predicted molar refractivity (Wildman–Crippen MR) is 152 cm³/mol. The van der Waals surface area contributed by atoms with Crippen LogP contribution in [-0.4, -0.2) is 21.1 Å². The van der Waals surface area contributed by atoms with E-state index in [4.69, 9.17) is 28.2 Å². The maximum absolute atomic E-state index is 13.1. The molecule has 1 aromatic heterocycles. The Hall–Kier alpha value is -3.90. The zero-order chi connectivity index (χ0) is 27.4. The Bertz CT molecular complexity index is 1570. The van der Waals surface area contributed by atoms with Crippen molar-refractivity contribution < 1.29 is 9.72 Å². The number of carbonyl (C=O) groups excluding carboxylic acids is 1. The van der Waals surface area contributed by atoms with Gasteiger partial charge in [-0.3, -0.25) is 14.9 Å². The molecule has 1 unspecified atom stereocenters. The summed E-state index contributed by atoms with van der Waals surface area (Å²) in [5, 5.41) is 24.9. The van der Waals surface area contributed by atoms with Gasteiger partial charge in [0.25, 0.3) is 5.69 Å². The number of amides is 1. The number of nitro groups is 1. The number of carbonyl (C=O) groups is 1. The lowest BCUT2D eigenvalue weighted by molar-refractivity contribution is -0.384. The molecule has 1 heterocycles. The highest BCUT2D eigenvalue weighted by atomic mass is 35.5. The molecule has 0 saturated heterocycles. The molecule has 0 fully saturated rings. The summed E-state index contributed by atoms with van der Waals surface area (Å²) in [4.78, 5) is 28.5. The number of hydrogen-bond donors (Lipinski definition) is 1. The number of non-ortho nitro benzene ring substituents is 1. The lowest BCUT2D eigenvalue weighted by atomic mass is 9.99. The van der Waals surface area contributed by atoms with Gasteiger partial charge in [-0.15, -0.1) is 0 Å². The van der Waals surface area contributed by atoms with E-state index in [2.05, 4.69) is 11.4 Å². The van der Waals surface area contributed by atoms with E-state index in [0.717, 1.165) is 22.9 Å². The number of hydrogen-bond acceptors (Lipinski definition) is 6. The van der Waals surface area contributed by atoms with Gasteiger partial charge in [-0.05, 0) is 55.3 Å². The molecule has 38 heavy (non-hydrogen) atoms. The van der Waals surface area contributed by atoms with E-state index in [1.54, 1.807) is 44.2 Å². The van der Waals surface area contributed by atoms with Gasteiger partial charge in [0.2, 0.25) is 5.91 Å². The predicted octanol–water partition coefficient (Wildman–Crippen LogP) is 7.93. The van der Waals surface area contributed by atoms with Gasteiger partial charge in [0.05, 0.1) is 27.1 Å². The average molecular weight is 563 g/mol. The molecule has 3 aromatic carbocycles. The Morgan fingerprint density at radius 3 is 2.21 bits per heavy atom. The molecule has 4 aromatic rings. The number of benzene rings is 3. The molecule has 0 aliphatic heterocycles. The van der Waals surface area contributed by atoms with Crippen LogP contribution in [0.3, 0.4) is 0 Å². The normalized spacial score (nSPS) is 11.4. The molecule has 0 bridgehead atoms. The number of rotatable bonds is 7. The molecule has 1 atom stereocenters. The molecule has 0 aliphatic rings. The van der Waals surface area contributed by atoms with E-state index in [1.165, 1.54) is 12.1 Å². The van der Waals surface area contributed by atoms with Crippen LogP contribution in [0, 0.1) is 28.4 Å². The number of thioether (sulfide) groups is 1. The van der Waals surface area contributed by atoms with Gasteiger partial charge in [-0.2, -0.15) is 5.26 Å². The van der Waals surface area contributed by atoms with E-state index in [0.29, 0.717) is 43.1 Å². The zero-order valence-electron chi connectivity index (χ0n) is 20.2. The number of aryl methyl sites for hydroxylation is 1. The number of nitriles is 1. The monoisotopic (exact) mass is 562 g/mol. The van der Waals surface area contributed by atoms with Gasteiger partial charge in [-0.1, -0.05) is 65.3 Å². The molecule has 7 nitrogen and oxygen atoms in total. The number of nitrogens with zero attached hydrogens (tertiary/aromatic N) is 3. The van der Waals surface area contributed by atoms with Gasteiger partial charge in [0.1, 0.15) is 11.1 Å². The first-order chi connectivity index (χ1) is 18.2. The fourth-order valence-corrected chi connectivity index (χ4v) is 4.83. The Labute approximate surface area is 233 Å². The molecule has 190 valence electrons. The van der Waals surface area contributed by atoms with Gasteiger partial charge in [0.15, 0.2) is 0 Å². The van der Waals surface area contributed by atoms with Crippen molar-refractivity contribution in [1.29, 1.82) is 5.26 Å². The summed E-state index contributed by atoms with van der Waals surface area (Å²) in [5.41, 5.74) is 4.05. The summed E-state index contributed by atoms with van der Waals surface area (Å²) < 4.78 is 0. The van der Waals surface area contributed by atoms with Crippen LogP contribution in [0.5, 0.6) is 0 Å². The van der Waals surface area contributed by atoms with Crippen molar-refractivity contribution in [2.45, 2.75) is 24.1 Å². The van der Waals surface area contributed by atoms with Crippen molar-refractivity contribution >= 4 is 52.2 Å². The van der Waals surface area contributed by atoms with Gasteiger partial charge in [0, 0.05) is 33.3 Å². The lowest BCUT2D eigenvalue weighted by Gasteiger charge is -2.16. The molecule has 4 rings (SSSR count). The fourth-order valence-electron chi connectivity index (χ4n) is 3.65. The Morgan fingerprint density at radius 1 is 1.03 bits per heavy atom. The second kappa shape index (κ2) is 11.7. The number of anilines is 1. The van der Waals surface area contributed by atoms with Crippen LogP contribution in [-0.2, 0) is 4.79 Å². The summed E-state index contributed by atoms with van der Waals surface area (Å²) in [5.74, 6) is -0.380. The van der Waals surface area contributed by atoms with Crippen molar-refractivity contribution in [3.05, 3.63) is 104 Å². The summed E-state index contributed by atoms with van der Waals surface area (Å²) in [6, 6.07) is 22.6. The van der Waals surface area contributed by atoms with Crippen LogP contribution in [0.25, 0.3) is 22.4 Å². The first-order valence-electron chi connectivity index (χ1n) is 11.4. The Morgan fingerprint density at radius 2 is 1.63 bits per heavy atom. The number of aromatic nitrogens is 1.